The van der Waals surface area contributed by atoms with E-state index >= 15 is 0 Å². The molecule has 0 atom stereocenters. The second-order valence-corrected chi connectivity index (χ2v) is 6.61. The lowest BCUT2D eigenvalue weighted by Crippen LogP contribution is -2.26. The van der Waals surface area contributed by atoms with Crippen molar-refractivity contribution in [2.45, 2.75) is 57.8 Å². The molecule has 0 saturated heterocycles. The topological polar surface area (TPSA) is 27.7 Å². The van der Waals surface area contributed by atoms with Gasteiger partial charge in [0.2, 0.25) is 0 Å². The first-order valence-corrected chi connectivity index (χ1v) is 8.89. The molecule has 0 aromatic rings. The van der Waals surface area contributed by atoms with Crippen LogP contribution in [0.1, 0.15) is 57.8 Å². The third-order valence-corrected chi connectivity index (χ3v) is 5.23. The fourth-order valence-corrected chi connectivity index (χ4v) is 4.22. The number of hydrogen-bond donors (Lipinski definition) is 0. The van der Waals surface area contributed by atoms with Crippen molar-refractivity contribution in [1.82, 2.24) is 0 Å². The molecule has 3 rings (SSSR count). The first-order valence-electron chi connectivity index (χ1n) is 7.47. The zero-order chi connectivity index (χ0) is 12.9. The Labute approximate surface area is 116 Å². The van der Waals surface area contributed by atoms with Gasteiger partial charge in [0.05, 0.1) is 17.3 Å². The minimum atomic E-state index is -2.10. The quantitative estimate of drug-likeness (QED) is 0.688. The zero-order valence-electron chi connectivity index (χ0n) is 11.4. The van der Waals surface area contributed by atoms with Crippen LogP contribution in [-0.4, -0.2) is 9.53 Å². The molecule has 3 aliphatic rings. The van der Waals surface area contributed by atoms with Crippen LogP contribution in [0.3, 0.4) is 0 Å². The van der Waals surface area contributed by atoms with Gasteiger partial charge in [0, 0.05) is 19.3 Å². The van der Waals surface area contributed by atoms with Gasteiger partial charge in [0.15, 0.2) is 0 Å². The standard InChI is InChI=1S/C15H22O3Si/c1-2-8-13(7-1)16-19(17-14-9-3-4-10-14)18-15-11-5-6-12-15/h7,9,11,19H,1-6,8,10,12H2. The van der Waals surface area contributed by atoms with Gasteiger partial charge < -0.3 is 13.3 Å². The molecule has 0 aliphatic heterocycles. The van der Waals surface area contributed by atoms with Crippen molar-refractivity contribution in [3.8, 4) is 0 Å². The second kappa shape index (κ2) is 6.33. The summed E-state index contributed by atoms with van der Waals surface area (Å²) < 4.78 is 18.0. The predicted octanol–water partition coefficient (Wildman–Crippen LogP) is 3.96. The molecular weight excluding hydrogens is 256 g/mol. The van der Waals surface area contributed by atoms with Crippen LogP contribution in [-0.2, 0) is 13.3 Å². The van der Waals surface area contributed by atoms with E-state index in [2.05, 4.69) is 18.2 Å². The fraction of sp³-hybridized carbons (Fsp3) is 0.600. The second-order valence-electron chi connectivity index (χ2n) is 5.33. The number of hydrogen-bond acceptors (Lipinski definition) is 3. The Hall–Kier alpha value is -1.16. The van der Waals surface area contributed by atoms with Crippen molar-refractivity contribution in [1.29, 1.82) is 0 Å². The lowest BCUT2D eigenvalue weighted by atomic mass is 10.4. The van der Waals surface area contributed by atoms with Crippen molar-refractivity contribution < 1.29 is 13.3 Å². The van der Waals surface area contributed by atoms with Gasteiger partial charge in [-0.05, 0) is 56.8 Å². The Morgan fingerprint density at radius 3 is 1.26 bits per heavy atom. The zero-order valence-corrected chi connectivity index (χ0v) is 12.6. The monoisotopic (exact) mass is 278 g/mol. The Bertz CT molecular complexity index is 350. The van der Waals surface area contributed by atoms with E-state index in [-0.39, 0.29) is 0 Å². The van der Waals surface area contributed by atoms with Crippen LogP contribution >= 0.6 is 0 Å². The maximum absolute atomic E-state index is 6.01. The molecular formula is C15H22O3Si. The molecule has 0 spiro atoms. The van der Waals surface area contributed by atoms with E-state index in [1.165, 1.54) is 19.3 Å². The van der Waals surface area contributed by atoms with Crippen LogP contribution in [0, 0.1) is 0 Å². The third-order valence-electron chi connectivity index (χ3n) is 3.74. The van der Waals surface area contributed by atoms with Gasteiger partial charge in [-0.15, -0.1) is 0 Å². The molecule has 0 radical (unpaired) electrons. The van der Waals surface area contributed by atoms with Crippen LogP contribution in [0.15, 0.2) is 35.5 Å². The molecule has 0 aromatic heterocycles. The third kappa shape index (κ3) is 3.66. The molecule has 0 N–H and O–H groups in total. The molecule has 0 fully saturated rings. The molecule has 104 valence electrons. The molecule has 3 nitrogen and oxygen atoms in total. The molecule has 3 aliphatic carbocycles. The molecule has 0 bridgehead atoms. The summed E-state index contributed by atoms with van der Waals surface area (Å²) in [5.41, 5.74) is 0. The summed E-state index contributed by atoms with van der Waals surface area (Å²) in [4.78, 5) is 0. The van der Waals surface area contributed by atoms with Gasteiger partial charge in [-0.3, -0.25) is 0 Å². The number of allylic oxidation sites excluding steroid dienone is 6. The number of rotatable bonds is 6. The SMILES string of the molecule is C1=C(O[SiH](OC2=CCCC2)OC2=CCCC2)CCC1. The maximum Gasteiger partial charge on any atom is 0.682 e. The van der Waals surface area contributed by atoms with Crippen molar-refractivity contribution in [3.63, 3.8) is 0 Å². The van der Waals surface area contributed by atoms with E-state index in [9.17, 15) is 0 Å². The van der Waals surface area contributed by atoms with E-state index in [0.29, 0.717) is 0 Å². The Morgan fingerprint density at radius 2 is 1.00 bits per heavy atom. The average molecular weight is 278 g/mol. The predicted molar refractivity (Wildman–Crippen MR) is 76.2 cm³/mol. The van der Waals surface area contributed by atoms with E-state index < -0.39 is 9.53 Å². The van der Waals surface area contributed by atoms with Crippen molar-refractivity contribution in [2.24, 2.45) is 0 Å². The van der Waals surface area contributed by atoms with E-state index in [1.807, 2.05) is 0 Å². The summed E-state index contributed by atoms with van der Waals surface area (Å²) in [6, 6.07) is 0. The smallest absolute Gasteiger partial charge is 0.490 e. The molecule has 0 amide bonds. The van der Waals surface area contributed by atoms with E-state index in [0.717, 1.165) is 55.8 Å². The summed E-state index contributed by atoms with van der Waals surface area (Å²) in [5.74, 6) is 3.23. The van der Waals surface area contributed by atoms with Crippen LogP contribution in [0.4, 0.5) is 0 Å². The lowest BCUT2D eigenvalue weighted by molar-refractivity contribution is 0.174. The average Bonchev–Trinajstić information content (AvgIpc) is 3.10. The highest BCUT2D eigenvalue weighted by Crippen LogP contribution is 2.26. The lowest BCUT2D eigenvalue weighted by Gasteiger charge is -2.20. The normalized spacial score (nSPS) is 22.3. The van der Waals surface area contributed by atoms with Crippen LogP contribution < -0.4 is 0 Å². The van der Waals surface area contributed by atoms with Crippen LogP contribution in [0.5, 0.6) is 0 Å². The van der Waals surface area contributed by atoms with E-state index in [4.69, 9.17) is 13.3 Å². The minimum absolute atomic E-state index is 1.04. The fourth-order valence-electron chi connectivity index (χ4n) is 2.69. The molecule has 19 heavy (non-hydrogen) atoms. The summed E-state index contributed by atoms with van der Waals surface area (Å²) in [6.45, 7) is 0. The molecule has 0 aromatic carbocycles. The summed E-state index contributed by atoms with van der Waals surface area (Å²) >= 11 is 0. The molecule has 0 saturated carbocycles. The minimum Gasteiger partial charge on any atom is -0.490 e. The van der Waals surface area contributed by atoms with Crippen molar-refractivity contribution in [3.05, 3.63) is 35.5 Å². The highest BCUT2D eigenvalue weighted by molar-refractivity contribution is 6.37. The van der Waals surface area contributed by atoms with Crippen molar-refractivity contribution in [2.75, 3.05) is 0 Å². The largest absolute Gasteiger partial charge is 0.682 e. The van der Waals surface area contributed by atoms with Gasteiger partial charge in [0.1, 0.15) is 0 Å². The van der Waals surface area contributed by atoms with Gasteiger partial charge in [-0.2, -0.15) is 0 Å². The van der Waals surface area contributed by atoms with Gasteiger partial charge in [0.25, 0.3) is 0 Å². The first-order chi connectivity index (χ1) is 9.40. The molecule has 0 heterocycles. The summed E-state index contributed by atoms with van der Waals surface area (Å²) in [7, 11) is -2.10. The highest BCUT2D eigenvalue weighted by atomic mass is 28.3. The molecule has 0 unspecified atom stereocenters. The van der Waals surface area contributed by atoms with E-state index in [1.54, 1.807) is 0 Å². The van der Waals surface area contributed by atoms with Crippen molar-refractivity contribution >= 4 is 9.53 Å². The Morgan fingerprint density at radius 1 is 0.632 bits per heavy atom. The Kier molecular flexibility index (Phi) is 4.28. The highest BCUT2D eigenvalue weighted by Gasteiger charge is 2.27. The van der Waals surface area contributed by atoms with Gasteiger partial charge >= 0.3 is 9.53 Å². The summed E-state index contributed by atoms with van der Waals surface area (Å²) in [6.07, 6.45) is 16.6. The van der Waals surface area contributed by atoms with Crippen LogP contribution in [0.2, 0.25) is 0 Å². The maximum atomic E-state index is 6.01. The van der Waals surface area contributed by atoms with Crippen LogP contribution in [0.25, 0.3) is 0 Å². The molecule has 4 heteroatoms. The first kappa shape index (κ1) is 12.8. The van der Waals surface area contributed by atoms with Gasteiger partial charge in [-0.1, -0.05) is 0 Å². The summed E-state index contributed by atoms with van der Waals surface area (Å²) in [5, 5.41) is 0. The van der Waals surface area contributed by atoms with Gasteiger partial charge in [-0.25, -0.2) is 0 Å². The Balaban J connectivity index is 1.59.